The van der Waals surface area contributed by atoms with Crippen LogP contribution in [-0.4, -0.2) is 16.7 Å². The minimum Gasteiger partial charge on any atom is -0.396 e. The van der Waals surface area contributed by atoms with Gasteiger partial charge >= 0.3 is 0 Å². The topological polar surface area (TPSA) is 78.8 Å². The Labute approximate surface area is 75.7 Å². The summed E-state index contributed by atoms with van der Waals surface area (Å²) in [5.41, 5.74) is 7.33. The molecule has 0 fully saturated rings. The predicted octanol–water partition coefficient (Wildman–Crippen LogP) is 0.109. The Morgan fingerprint density at radius 1 is 1.54 bits per heavy atom. The molecule has 1 aliphatic heterocycles. The number of H-pyrrole nitrogens is 1. The van der Waals surface area contributed by atoms with E-state index < -0.39 is 0 Å². The van der Waals surface area contributed by atoms with Crippen LogP contribution in [0.4, 0.5) is 5.82 Å². The number of nitrogens with zero attached hydrogens (tertiary/aromatic N) is 1. The van der Waals surface area contributed by atoms with Gasteiger partial charge in [-0.2, -0.15) is 5.10 Å². The number of aromatic nitrogens is 2. The van der Waals surface area contributed by atoms with Crippen LogP contribution in [0.1, 0.15) is 0 Å². The molecular weight excluding hydrogens is 166 g/mol. The first kappa shape index (κ1) is 7.72. The maximum absolute atomic E-state index is 5.73. The number of nitrogens with one attached hydrogen (secondary N) is 3. The highest BCUT2D eigenvalue weighted by Crippen LogP contribution is 2.10. The lowest BCUT2D eigenvalue weighted by Gasteiger charge is -2.14. The van der Waals surface area contributed by atoms with Crippen molar-refractivity contribution in [3.8, 4) is 0 Å². The molecule has 5 N–H and O–H groups in total. The second kappa shape index (κ2) is 3.22. The van der Waals surface area contributed by atoms with Crippen LogP contribution in [0.25, 0.3) is 0 Å². The summed E-state index contributed by atoms with van der Waals surface area (Å²) in [7, 11) is 0. The van der Waals surface area contributed by atoms with Gasteiger partial charge in [-0.1, -0.05) is 0 Å². The molecule has 0 aliphatic carbocycles. The molecule has 0 atom stereocenters. The smallest absolute Gasteiger partial charge is 0.125 e. The lowest BCUT2D eigenvalue weighted by atomic mass is 10.2. The summed E-state index contributed by atoms with van der Waals surface area (Å²) in [6.45, 7) is 0.789. The van der Waals surface area contributed by atoms with Crippen molar-refractivity contribution in [1.29, 1.82) is 0 Å². The lowest BCUT2D eigenvalue weighted by Crippen LogP contribution is -2.20. The van der Waals surface area contributed by atoms with Crippen LogP contribution in [0.3, 0.4) is 0 Å². The fourth-order valence-electron chi connectivity index (χ4n) is 1.12. The summed E-state index contributed by atoms with van der Waals surface area (Å²) in [5.74, 6) is 0.838. The molecule has 5 nitrogen and oxygen atoms in total. The molecule has 2 heterocycles. The van der Waals surface area contributed by atoms with Crippen LogP contribution in [-0.2, 0) is 0 Å². The van der Waals surface area contributed by atoms with Crippen molar-refractivity contribution < 1.29 is 0 Å². The number of dihydropyridines is 1. The zero-order valence-electron chi connectivity index (χ0n) is 7.04. The number of anilines is 1. The van der Waals surface area contributed by atoms with E-state index >= 15 is 0 Å². The summed E-state index contributed by atoms with van der Waals surface area (Å²) < 4.78 is 0. The number of aromatic amines is 1. The fourth-order valence-corrected chi connectivity index (χ4v) is 1.12. The van der Waals surface area contributed by atoms with Crippen LogP contribution in [0.2, 0.25) is 0 Å². The summed E-state index contributed by atoms with van der Waals surface area (Å²) >= 11 is 0. The standard InChI is InChI=1S/C8H11N5/c9-6-5-10-3-1-7(6)12-8-2-4-11-13-8/h1-2,4-5,10H,3,9H2,(H2,11,12,13). The van der Waals surface area contributed by atoms with Gasteiger partial charge in [0.2, 0.25) is 0 Å². The molecule has 1 aromatic heterocycles. The predicted molar refractivity (Wildman–Crippen MR) is 50.6 cm³/mol. The van der Waals surface area contributed by atoms with Gasteiger partial charge in [-0.15, -0.1) is 0 Å². The first-order valence-corrected chi connectivity index (χ1v) is 4.02. The molecule has 5 heteroatoms. The highest BCUT2D eigenvalue weighted by molar-refractivity contribution is 5.47. The normalized spacial score (nSPS) is 15.7. The second-order valence-corrected chi connectivity index (χ2v) is 2.72. The first-order chi connectivity index (χ1) is 6.36. The summed E-state index contributed by atoms with van der Waals surface area (Å²) in [4.78, 5) is 0. The van der Waals surface area contributed by atoms with E-state index in [1.165, 1.54) is 0 Å². The van der Waals surface area contributed by atoms with Crippen molar-refractivity contribution in [2.75, 3.05) is 11.9 Å². The quantitative estimate of drug-likeness (QED) is 0.517. The maximum atomic E-state index is 5.73. The zero-order valence-corrected chi connectivity index (χ0v) is 7.04. The van der Waals surface area contributed by atoms with E-state index in [9.17, 15) is 0 Å². The number of nitrogens with two attached hydrogens (primary N) is 1. The van der Waals surface area contributed by atoms with Crippen molar-refractivity contribution >= 4 is 5.82 Å². The molecule has 0 saturated carbocycles. The molecule has 1 aromatic rings. The van der Waals surface area contributed by atoms with Crippen LogP contribution in [0.5, 0.6) is 0 Å². The van der Waals surface area contributed by atoms with E-state index in [-0.39, 0.29) is 0 Å². The molecule has 13 heavy (non-hydrogen) atoms. The maximum Gasteiger partial charge on any atom is 0.125 e. The highest BCUT2D eigenvalue weighted by atomic mass is 15.2. The van der Waals surface area contributed by atoms with E-state index in [1.54, 1.807) is 12.4 Å². The second-order valence-electron chi connectivity index (χ2n) is 2.72. The summed E-state index contributed by atoms with van der Waals surface area (Å²) in [6, 6.07) is 1.84. The van der Waals surface area contributed by atoms with Gasteiger partial charge in [0.15, 0.2) is 0 Å². The molecule has 0 radical (unpaired) electrons. The highest BCUT2D eigenvalue weighted by Gasteiger charge is 2.04. The average Bonchev–Trinajstić information content (AvgIpc) is 2.61. The van der Waals surface area contributed by atoms with Gasteiger partial charge in [-0.25, -0.2) is 0 Å². The van der Waals surface area contributed by atoms with Gasteiger partial charge < -0.3 is 16.4 Å². The van der Waals surface area contributed by atoms with Gasteiger partial charge in [-0.3, -0.25) is 5.10 Å². The van der Waals surface area contributed by atoms with Crippen molar-refractivity contribution in [2.24, 2.45) is 5.73 Å². The Bertz CT molecular complexity index is 335. The molecule has 2 rings (SSSR count). The summed E-state index contributed by atoms with van der Waals surface area (Å²) in [5, 5.41) is 12.8. The lowest BCUT2D eigenvalue weighted by molar-refractivity contribution is 0.929. The van der Waals surface area contributed by atoms with Crippen molar-refractivity contribution in [1.82, 2.24) is 15.5 Å². The monoisotopic (exact) mass is 177 g/mol. The molecular formula is C8H11N5. The van der Waals surface area contributed by atoms with Crippen molar-refractivity contribution in [3.63, 3.8) is 0 Å². The number of hydrogen-bond donors (Lipinski definition) is 4. The summed E-state index contributed by atoms with van der Waals surface area (Å²) in [6.07, 6.45) is 5.44. The average molecular weight is 177 g/mol. The Balaban J connectivity index is 2.10. The van der Waals surface area contributed by atoms with E-state index in [2.05, 4.69) is 20.8 Å². The van der Waals surface area contributed by atoms with E-state index in [4.69, 9.17) is 5.73 Å². The molecule has 0 spiro atoms. The third-order valence-corrected chi connectivity index (χ3v) is 1.76. The Morgan fingerprint density at radius 3 is 3.15 bits per heavy atom. The van der Waals surface area contributed by atoms with Crippen LogP contribution < -0.4 is 16.4 Å². The molecule has 0 bridgehead atoms. The molecule has 0 aromatic carbocycles. The van der Waals surface area contributed by atoms with Crippen LogP contribution in [0, 0.1) is 0 Å². The first-order valence-electron chi connectivity index (χ1n) is 4.02. The molecule has 0 unspecified atom stereocenters. The molecule has 0 saturated heterocycles. The van der Waals surface area contributed by atoms with Gasteiger partial charge in [0.1, 0.15) is 5.82 Å². The molecule has 0 amide bonds. The van der Waals surface area contributed by atoms with Gasteiger partial charge in [0, 0.05) is 18.8 Å². The Morgan fingerprint density at radius 2 is 2.46 bits per heavy atom. The largest absolute Gasteiger partial charge is 0.396 e. The minimum atomic E-state index is 0.695. The number of hydrogen-bond acceptors (Lipinski definition) is 4. The molecule has 1 aliphatic rings. The molecule has 68 valence electrons. The minimum absolute atomic E-state index is 0.695. The third-order valence-electron chi connectivity index (χ3n) is 1.76. The van der Waals surface area contributed by atoms with Crippen molar-refractivity contribution in [3.05, 3.63) is 35.9 Å². The zero-order chi connectivity index (χ0) is 9.10. The fraction of sp³-hybridized carbons (Fsp3) is 0.125. The third kappa shape index (κ3) is 1.64. The van der Waals surface area contributed by atoms with Gasteiger partial charge in [-0.05, 0) is 6.08 Å². The van der Waals surface area contributed by atoms with Gasteiger partial charge in [0.05, 0.1) is 17.6 Å². The van der Waals surface area contributed by atoms with Crippen LogP contribution >= 0.6 is 0 Å². The van der Waals surface area contributed by atoms with E-state index in [0.29, 0.717) is 5.70 Å². The van der Waals surface area contributed by atoms with Crippen LogP contribution in [0.15, 0.2) is 35.9 Å². The SMILES string of the molecule is NC1=CNCC=C1Nc1ccn[nH]1. The van der Waals surface area contributed by atoms with E-state index in [0.717, 1.165) is 18.1 Å². The Kier molecular flexibility index (Phi) is 1.91. The van der Waals surface area contributed by atoms with Gasteiger partial charge in [0.25, 0.3) is 0 Å². The number of rotatable bonds is 2. The van der Waals surface area contributed by atoms with Crippen molar-refractivity contribution in [2.45, 2.75) is 0 Å². The van der Waals surface area contributed by atoms with E-state index in [1.807, 2.05) is 12.1 Å². The Hall–Kier alpha value is -1.91.